The molecule has 2 nitrogen and oxygen atoms in total. The van der Waals surface area contributed by atoms with Crippen LogP contribution in [0.1, 0.15) is 17.9 Å². The Bertz CT molecular complexity index is 306. The van der Waals surface area contributed by atoms with Crippen LogP contribution in [0.25, 0.3) is 0 Å². The van der Waals surface area contributed by atoms with Gasteiger partial charge >= 0.3 is 0 Å². The highest BCUT2D eigenvalue weighted by molar-refractivity contribution is 5.21. The summed E-state index contributed by atoms with van der Waals surface area (Å²) in [7, 11) is 0. The van der Waals surface area contributed by atoms with Gasteiger partial charge < -0.3 is 10.5 Å². The van der Waals surface area contributed by atoms with Gasteiger partial charge in [0.2, 0.25) is 0 Å². The molecule has 3 heteroatoms. The van der Waals surface area contributed by atoms with Crippen LogP contribution in [0, 0.1) is 11.7 Å². The van der Waals surface area contributed by atoms with Gasteiger partial charge in [-0.3, -0.25) is 0 Å². The average Bonchev–Trinajstić information content (AvgIpc) is 2.75. The molecule has 0 spiro atoms. The van der Waals surface area contributed by atoms with E-state index in [1.807, 2.05) is 12.1 Å². The van der Waals surface area contributed by atoms with Gasteiger partial charge in [0, 0.05) is 12.5 Å². The van der Waals surface area contributed by atoms with Gasteiger partial charge in [-0.25, -0.2) is 4.39 Å². The van der Waals surface area contributed by atoms with E-state index in [4.69, 9.17) is 10.5 Å². The van der Waals surface area contributed by atoms with Gasteiger partial charge in [-0.2, -0.15) is 0 Å². The lowest BCUT2D eigenvalue weighted by molar-refractivity contribution is 0.181. The molecule has 0 saturated carbocycles. The van der Waals surface area contributed by atoms with E-state index in [2.05, 4.69) is 0 Å². The van der Waals surface area contributed by atoms with Crippen LogP contribution in [-0.4, -0.2) is 19.8 Å². The van der Waals surface area contributed by atoms with Crippen molar-refractivity contribution in [1.82, 2.24) is 0 Å². The largest absolute Gasteiger partial charge is 0.381 e. The summed E-state index contributed by atoms with van der Waals surface area (Å²) in [6.45, 7) is 2.20. The smallest absolute Gasteiger partial charge is 0.123 e. The maximum Gasteiger partial charge on any atom is 0.123 e. The zero-order valence-corrected chi connectivity index (χ0v) is 8.66. The van der Waals surface area contributed by atoms with Crippen molar-refractivity contribution in [3.8, 4) is 0 Å². The van der Waals surface area contributed by atoms with Crippen LogP contribution < -0.4 is 5.73 Å². The van der Waals surface area contributed by atoms with Crippen molar-refractivity contribution in [3.63, 3.8) is 0 Å². The molecule has 1 aromatic carbocycles. The van der Waals surface area contributed by atoms with Gasteiger partial charge in [-0.05, 0) is 36.6 Å². The minimum atomic E-state index is -0.197. The Morgan fingerprint density at radius 1 is 1.40 bits per heavy atom. The summed E-state index contributed by atoms with van der Waals surface area (Å²) < 4.78 is 18.1. The molecule has 0 bridgehead atoms. The van der Waals surface area contributed by atoms with E-state index < -0.39 is 0 Å². The average molecular weight is 209 g/mol. The maximum atomic E-state index is 12.8. The second kappa shape index (κ2) is 4.73. The minimum absolute atomic E-state index is 0.197. The van der Waals surface area contributed by atoms with Gasteiger partial charge in [-0.15, -0.1) is 0 Å². The quantitative estimate of drug-likeness (QED) is 0.825. The predicted octanol–water partition coefficient (Wildman–Crippen LogP) is 1.90. The number of hydrogen-bond acceptors (Lipinski definition) is 2. The number of nitrogens with two attached hydrogens (primary N) is 1. The molecule has 2 unspecified atom stereocenters. The van der Waals surface area contributed by atoms with Crippen molar-refractivity contribution in [2.24, 2.45) is 11.7 Å². The summed E-state index contributed by atoms with van der Waals surface area (Å²) in [5.41, 5.74) is 6.89. The van der Waals surface area contributed by atoms with Gasteiger partial charge in [0.1, 0.15) is 5.82 Å². The van der Waals surface area contributed by atoms with Crippen molar-refractivity contribution in [2.45, 2.75) is 12.3 Å². The van der Waals surface area contributed by atoms with Crippen LogP contribution in [0.2, 0.25) is 0 Å². The van der Waals surface area contributed by atoms with E-state index in [1.54, 1.807) is 0 Å². The van der Waals surface area contributed by atoms with Crippen molar-refractivity contribution in [1.29, 1.82) is 0 Å². The lowest BCUT2D eigenvalue weighted by Gasteiger charge is -2.20. The summed E-state index contributed by atoms with van der Waals surface area (Å²) in [6.07, 6.45) is 1.05. The van der Waals surface area contributed by atoms with Gasteiger partial charge in [0.05, 0.1) is 6.61 Å². The summed E-state index contributed by atoms with van der Waals surface area (Å²) in [5.74, 6) is 0.589. The molecular formula is C12H16FNO. The first-order valence-corrected chi connectivity index (χ1v) is 5.34. The molecule has 0 radical (unpaired) electrons. The molecule has 1 heterocycles. The van der Waals surface area contributed by atoms with E-state index in [-0.39, 0.29) is 5.82 Å². The zero-order valence-electron chi connectivity index (χ0n) is 8.66. The predicted molar refractivity (Wildman–Crippen MR) is 57.1 cm³/mol. The Morgan fingerprint density at radius 3 is 2.67 bits per heavy atom. The molecule has 1 aliphatic rings. The fourth-order valence-corrected chi connectivity index (χ4v) is 2.18. The van der Waals surface area contributed by atoms with Gasteiger partial charge in [0.25, 0.3) is 0 Å². The van der Waals surface area contributed by atoms with Gasteiger partial charge in [0.15, 0.2) is 0 Å². The highest BCUT2D eigenvalue weighted by Crippen LogP contribution is 2.29. The van der Waals surface area contributed by atoms with Gasteiger partial charge in [-0.1, -0.05) is 12.1 Å². The van der Waals surface area contributed by atoms with Crippen LogP contribution in [0.15, 0.2) is 24.3 Å². The number of hydrogen-bond donors (Lipinski definition) is 1. The first-order chi connectivity index (χ1) is 7.31. The first kappa shape index (κ1) is 10.6. The molecule has 1 aliphatic heterocycles. The summed E-state index contributed by atoms with van der Waals surface area (Å²) in [5, 5.41) is 0. The molecule has 15 heavy (non-hydrogen) atoms. The third-order valence-electron chi connectivity index (χ3n) is 3.09. The summed E-state index contributed by atoms with van der Waals surface area (Å²) in [6, 6.07) is 6.64. The Morgan fingerprint density at radius 2 is 2.13 bits per heavy atom. The second-order valence-corrected chi connectivity index (χ2v) is 4.02. The van der Waals surface area contributed by atoms with Crippen LogP contribution in [0.4, 0.5) is 4.39 Å². The Hall–Kier alpha value is -0.930. The second-order valence-electron chi connectivity index (χ2n) is 4.02. The number of rotatable bonds is 3. The fraction of sp³-hybridized carbons (Fsp3) is 0.500. The lowest BCUT2D eigenvalue weighted by atomic mass is 9.85. The molecule has 82 valence electrons. The first-order valence-electron chi connectivity index (χ1n) is 5.34. The molecule has 1 aromatic rings. The van der Waals surface area contributed by atoms with Crippen molar-refractivity contribution in [3.05, 3.63) is 35.6 Å². The standard InChI is InChI=1S/C12H16FNO/c13-11-3-1-9(2-4-11)12(7-14)10-5-6-15-8-10/h1-4,10,12H,5-8,14H2. The molecule has 1 fully saturated rings. The molecule has 2 N–H and O–H groups in total. The van der Waals surface area contributed by atoms with Crippen molar-refractivity contribution < 1.29 is 9.13 Å². The van der Waals surface area contributed by atoms with Crippen molar-refractivity contribution in [2.75, 3.05) is 19.8 Å². The highest BCUT2D eigenvalue weighted by Gasteiger charge is 2.25. The van der Waals surface area contributed by atoms with Crippen LogP contribution in [0.3, 0.4) is 0 Å². The van der Waals surface area contributed by atoms with Crippen LogP contribution in [-0.2, 0) is 4.74 Å². The topological polar surface area (TPSA) is 35.2 Å². The molecule has 2 atom stereocenters. The van der Waals surface area contributed by atoms with E-state index in [0.29, 0.717) is 18.4 Å². The molecule has 0 aromatic heterocycles. The molecule has 0 aliphatic carbocycles. The fourth-order valence-electron chi connectivity index (χ4n) is 2.18. The number of benzene rings is 1. The molecule has 1 saturated heterocycles. The van der Waals surface area contributed by atoms with Crippen LogP contribution >= 0.6 is 0 Å². The molecule has 0 amide bonds. The zero-order chi connectivity index (χ0) is 10.7. The maximum absolute atomic E-state index is 12.8. The third kappa shape index (κ3) is 2.36. The number of halogens is 1. The monoisotopic (exact) mass is 209 g/mol. The molecular weight excluding hydrogens is 193 g/mol. The van der Waals surface area contributed by atoms with E-state index >= 15 is 0 Å². The Labute approximate surface area is 89.2 Å². The third-order valence-corrected chi connectivity index (χ3v) is 3.09. The summed E-state index contributed by atoms with van der Waals surface area (Å²) >= 11 is 0. The number of ether oxygens (including phenoxy) is 1. The van der Waals surface area contributed by atoms with E-state index in [9.17, 15) is 4.39 Å². The Balaban J connectivity index is 2.14. The highest BCUT2D eigenvalue weighted by atomic mass is 19.1. The lowest BCUT2D eigenvalue weighted by Crippen LogP contribution is -2.21. The SMILES string of the molecule is NCC(c1ccc(F)cc1)C1CCOC1. The molecule has 2 rings (SSSR count). The minimum Gasteiger partial charge on any atom is -0.381 e. The van der Waals surface area contributed by atoms with Crippen molar-refractivity contribution >= 4 is 0 Å². The van der Waals surface area contributed by atoms with E-state index in [0.717, 1.165) is 25.2 Å². The summed E-state index contributed by atoms with van der Waals surface area (Å²) in [4.78, 5) is 0. The normalized spacial score (nSPS) is 22.9. The van der Waals surface area contributed by atoms with E-state index in [1.165, 1.54) is 12.1 Å². The van der Waals surface area contributed by atoms with Crippen LogP contribution in [0.5, 0.6) is 0 Å². The Kier molecular flexibility index (Phi) is 3.34.